The van der Waals surface area contributed by atoms with Crippen LogP contribution in [0.4, 0.5) is 0 Å². The zero-order valence-electron chi connectivity index (χ0n) is 4.23. The number of hydrogen-bond donors (Lipinski definition) is 0. The first kappa shape index (κ1) is 6.83. The molecule has 0 bridgehead atoms. The van der Waals surface area contributed by atoms with Gasteiger partial charge in [-0.05, 0) is 6.42 Å². The van der Waals surface area contributed by atoms with Crippen molar-refractivity contribution >= 4 is 11.6 Å². The minimum atomic E-state index is 0.977. The smallest absolute Gasteiger partial charge is 0.221 e. The molecule has 0 aliphatic rings. The molecule has 0 rings (SSSR count). The van der Waals surface area contributed by atoms with Crippen molar-refractivity contribution in [2.75, 3.05) is 0 Å². The van der Waals surface area contributed by atoms with E-state index in [1.165, 1.54) is 0 Å². The molecule has 0 fully saturated rings. The molecule has 0 saturated carbocycles. The first-order chi connectivity index (χ1) is 3.41. The molecule has 0 heterocycles. The Morgan fingerprint density at radius 1 is 1.71 bits per heavy atom. The second-order valence-corrected chi connectivity index (χ2v) is 1.18. The van der Waals surface area contributed by atoms with Gasteiger partial charge < -0.3 is 4.74 Å². The highest BCUT2D eigenvalue weighted by Gasteiger charge is 1.68. The summed E-state index contributed by atoms with van der Waals surface area (Å²) in [5.74, 6) is 0. The Labute approximate surface area is 48.9 Å². The van der Waals surface area contributed by atoms with Crippen LogP contribution in [0.25, 0.3) is 0 Å². The Bertz CT molecular complexity index is 52.0. The normalized spacial score (nSPS) is 10.0. The highest BCUT2D eigenvalue weighted by molar-refractivity contribution is 6.22. The standard InChI is InChI=1S/C5H8ClO/c1-2-3-4-7-5-6/h3-5H,2H2,1H3/b4-3+. The van der Waals surface area contributed by atoms with Gasteiger partial charge in [0.15, 0.2) is 0 Å². The molecule has 0 amide bonds. The number of halogens is 1. The lowest BCUT2D eigenvalue weighted by atomic mass is 10.5. The quantitative estimate of drug-likeness (QED) is 0.518. The summed E-state index contributed by atoms with van der Waals surface area (Å²) in [7, 11) is 0. The van der Waals surface area contributed by atoms with Crippen molar-refractivity contribution in [1.82, 2.24) is 0 Å². The van der Waals surface area contributed by atoms with E-state index in [1.54, 1.807) is 6.26 Å². The second kappa shape index (κ2) is 5.83. The van der Waals surface area contributed by atoms with Crippen molar-refractivity contribution in [3.63, 3.8) is 0 Å². The number of ether oxygens (including phenoxy) is 1. The molecule has 0 aliphatic heterocycles. The van der Waals surface area contributed by atoms with Gasteiger partial charge in [-0.1, -0.05) is 24.6 Å². The molecule has 0 spiro atoms. The van der Waals surface area contributed by atoms with Crippen molar-refractivity contribution in [3.05, 3.63) is 18.4 Å². The van der Waals surface area contributed by atoms with Crippen LogP contribution in [0, 0.1) is 6.07 Å². The Kier molecular flexibility index (Phi) is 5.69. The van der Waals surface area contributed by atoms with Crippen LogP contribution in [0.3, 0.4) is 0 Å². The van der Waals surface area contributed by atoms with Gasteiger partial charge in [0.2, 0.25) is 6.07 Å². The summed E-state index contributed by atoms with van der Waals surface area (Å²) in [6, 6.07) is 1.12. The van der Waals surface area contributed by atoms with Crippen molar-refractivity contribution < 1.29 is 4.74 Å². The molecule has 0 aliphatic carbocycles. The van der Waals surface area contributed by atoms with E-state index in [4.69, 9.17) is 11.6 Å². The SMILES string of the molecule is CC/C=C/O[CH]Cl. The van der Waals surface area contributed by atoms with E-state index < -0.39 is 0 Å². The summed E-state index contributed by atoms with van der Waals surface area (Å²) in [6.07, 6.45) is 4.40. The maximum Gasteiger partial charge on any atom is 0.221 e. The van der Waals surface area contributed by atoms with Crippen LogP contribution in [-0.2, 0) is 4.74 Å². The largest absolute Gasteiger partial charge is 0.477 e. The average molecular weight is 120 g/mol. The first-order valence-electron chi connectivity index (χ1n) is 2.14. The lowest BCUT2D eigenvalue weighted by molar-refractivity contribution is 0.373. The van der Waals surface area contributed by atoms with Gasteiger partial charge in [0.1, 0.15) is 0 Å². The predicted octanol–water partition coefficient (Wildman–Crippen LogP) is 2.28. The van der Waals surface area contributed by atoms with Gasteiger partial charge in [-0.2, -0.15) is 0 Å². The molecule has 0 N–H and O–H groups in total. The van der Waals surface area contributed by atoms with E-state index in [-0.39, 0.29) is 0 Å². The van der Waals surface area contributed by atoms with Crippen molar-refractivity contribution in [2.45, 2.75) is 13.3 Å². The lowest BCUT2D eigenvalue weighted by Gasteiger charge is -1.84. The maximum absolute atomic E-state index is 5.04. The topological polar surface area (TPSA) is 9.23 Å². The number of hydrogen-bond acceptors (Lipinski definition) is 1. The van der Waals surface area contributed by atoms with Crippen molar-refractivity contribution in [3.8, 4) is 0 Å². The van der Waals surface area contributed by atoms with Gasteiger partial charge in [-0.15, -0.1) is 0 Å². The molecule has 0 aromatic heterocycles. The summed E-state index contributed by atoms with van der Waals surface area (Å²) >= 11 is 5.04. The molecule has 0 aromatic carbocycles. The molecular weight excluding hydrogens is 112 g/mol. The maximum atomic E-state index is 5.04. The zero-order chi connectivity index (χ0) is 5.54. The molecular formula is C5H8ClO. The Morgan fingerprint density at radius 3 is 2.86 bits per heavy atom. The molecule has 0 unspecified atom stereocenters. The molecule has 1 nitrogen and oxygen atoms in total. The van der Waals surface area contributed by atoms with Gasteiger partial charge in [0, 0.05) is 0 Å². The van der Waals surface area contributed by atoms with Crippen LogP contribution < -0.4 is 0 Å². The summed E-state index contributed by atoms with van der Waals surface area (Å²) < 4.78 is 4.53. The van der Waals surface area contributed by atoms with Crippen LogP contribution in [0.15, 0.2) is 12.3 Å². The third-order valence-electron chi connectivity index (χ3n) is 0.462. The number of rotatable bonds is 3. The van der Waals surface area contributed by atoms with E-state index in [9.17, 15) is 0 Å². The number of allylic oxidation sites excluding steroid dienone is 1. The van der Waals surface area contributed by atoms with Gasteiger partial charge >= 0.3 is 0 Å². The fourth-order valence-electron chi connectivity index (χ4n) is 0.181. The van der Waals surface area contributed by atoms with Crippen LogP contribution in [-0.4, -0.2) is 0 Å². The minimum absolute atomic E-state index is 0.977. The third kappa shape index (κ3) is 5.83. The second-order valence-electron chi connectivity index (χ2n) is 1.01. The summed E-state index contributed by atoms with van der Waals surface area (Å²) in [4.78, 5) is 0. The predicted molar refractivity (Wildman–Crippen MR) is 30.7 cm³/mol. The van der Waals surface area contributed by atoms with E-state index in [0.29, 0.717) is 0 Å². The van der Waals surface area contributed by atoms with Crippen LogP contribution >= 0.6 is 11.6 Å². The van der Waals surface area contributed by atoms with Crippen molar-refractivity contribution in [2.24, 2.45) is 0 Å². The average Bonchev–Trinajstić information content (AvgIpc) is 1.69. The van der Waals surface area contributed by atoms with Gasteiger partial charge in [0.25, 0.3) is 0 Å². The molecule has 7 heavy (non-hydrogen) atoms. The Morgan fingerprint density at radius 2 is 2.43 bits per heavy atom. The molecule has 0 saturated heterocycles. The molecule has 2 heteroatoms. The van der Waals surface area contributed by atoms with Gasteiger partial charge in [-0.3, -0.25) is 0 Å². The molecule has 41 valence electrons. The summed E-state index contributed by atoms with van der Waals surface area (Å²) in [6.45, 7) is 2.02. The fraction of sp³-hybridized carbons (Fsp3) is 0.400. The summed E-state index contributed by atoms with van der Waals surface area (Å²) in [5.41, 5.74) is 0. The van der Waals surface area contributed by atoms with Crippen molar-refractivity contribution in [1.29, 1.82) is 0 Å². The highest BCUT2D eigenvalue weighted by atomic mass is 35.5. The molecule has 0 aromatic rings. The van der Waals surface area contributed by atoms with E-state index >= 15 is 0 Å². The Balaban J connectivity index is 2.78. The monoisotopic (exact) mass is 119 g/mol. The van der Waals surface area contributed by atoms with Crippen LogP contribution in [0.1, 0.15) is 13.3 Å². The van der Waals surface area contributed by atoms with Crippen LogP contribution in [0.5, 0.6) is 0 Å². The van der Waals surface area contributed by atoms with E-state index in [2.05, 4.69) is 4.74 Å². The minimum Gasteiger partial charge on any atom is -0.477 e. The third-order valence-corrected chi connectivity index (χ3v) is 0.565. The van der Waals surface area contributed by atoms with E-state index in [1.807, 2.05) is 13.0 Å². The Hall–Kier alpha value is -0.170. The van der Waals surface area contributed by atoms with Gasteiger partial charge in [-0.25, -0.2) is 0 Å². The lowest BCUT2D eigenvalue weighted by Crippen LogP contribution is -1.63. The fourth-order valence-corrected chi connectivity index (χ4v) is 0.241. The molecule has 0 atom stereocenters. The van der Waals surface area contributed by atoms with Gasteiger partial charge in [0.05, 0.1) is 6.26 Å². The first-order valence-corrected chi connectivity index (χ1v) is 2.57. The summed E-state index contributed by atoms with van der Waals surface area (Å²) in [5, 5.41) is 0. The highest BCUT2D eigenvalue weighted by Crippen LogP contribution is 1.88. The van der Waals surface area contributed by atoms with E-state index in [0.717, 1.165) is 12.5 Å². The molecule has 1 radical (unpaired) electrons. The zero-order valence-corrected chi connectivity index (χ0v) is 4.98. The van der Waals surface area contributed by atoms with Crippen LogP contribution in [0.2, 0.25) is 0 Å².